The molecule has 0 aliphatic carbocycles. The molecule has 0 radical (unpaired) electrons. The molecule has 0 spiro atoms. The summed E-state index contributed by atoms with van der Waals surface area (Å²) in [6.45, 7) is 3.15. The third-order valence-electron chi connectivity index (χ3n) is 7.63. The molecule has 5 aliphatic rings. The number of nitrogens with zero attached hydrogens (tertiary/aromatic N) is 6. The lowest BCUT2D eigenvalue weighted by atomic mass is 9.85. The molecule has 2 aromatic rings. The molecule has 7 rings (SSSR count). The van der Waals surface area contributed by atoms with Gasteiger partial charge in [-0.1, -0.05) is 0 Å². The Morgan fingerprint density at radius 3 is 1.63 bits per heavy atom. The minimum atomic E-state index is -0.0857. The second-order valence-corrected chi connectivity index (χ2v) is 9.21. The van der Waals surface area contributed by atoms with Crippen LogP contribution in [0.1, 0.15) is 61.7 Å². The molecule has 0 N–H and O–H groups in total. The highest BCUT2D eigenvalue weighted by Crippen LogP contribution is 2.37. The summed E-state index contributed by atoms with van der Waals surface area (Å²) in [4.78, 5) is 31.1. The molecular weight excluding hydrogens is 380 g/mol. The quantitative estimate of drug-likeness (QED) is 0.759. The Morgan fingerprint density at radius 2 is 1.20 bits per heavy atom. The van der Waals surface area contributed by atoms with Gasteiger partial charge in [0.05, 0.1) is 23.2 Å². The third-order valence-corrected chi connectivity index (χ3v) is 7.63. The Balaban J connectivity index is 1.20. The number of amides is 2. The first-order chi connectivity index (χ1) is 14.7. The molecule has 0 aromatic carbocycles. The van der Waals surface area contributed by atoms with Gasteiger partial charge in [-0.25, -0.2) is 0 Å². The summed E-state index contributed by atoms with van der Waals surface area (Å²) < 4.78 is 3.96. The summed E-state index contributed by atoms with van der Waals surface area (Å²) in [5.41, 5.74) is 2.10. The molecule has 4 unspecified atom stereocenters. The number of aromatic nitrogens is 4. The van der Waals surface area contributed by atoms with Crippen LogP contribution in [0.2, 0.25) is 0 Å². The molecule has 2 bridgehead atoms. The van der Waals surface area contributed by atoms with Crippen LogP contribution in [0.25, 0.3) is 0 Å². The van der Waals surface area contributed by atoms with Gasteiger partial charge in [0.2, 0.25) is 11.8 Å². The van der Waals surface area contributed by atoms with Crippen molar-refractivity contribution in [3.05, 3.63) is 35.9 Å². The molecule has 0 saturated carbocycles. The van der Waals surface area contributed by atoms with E-state index in [-0.39, 0.29) is 35.7 Å². The molecule has 3 saturated heterocycles. The van der Waals surface area contributed by atoms with Crippen LogP contribution in [0.5, 0.6) is 0 Å². The zero-order valence-corrected chi connectivity index (χ0v) is 17.2. The number of rotatable bonds is 2. The van der Waals surface area contributed by atoms with Crippen molar-refractivity contribution in [2.75, 3.05) is 13.1 Å². The van der Waals surface area contributed by atoms with Gasteiger partial charge in [0.15, 0.2) is 0 Å². The number of hydrogen-bond acceptors (Lipinski definition) is 4. The molecule has 2 aromatic heterocycles. The van der Waals surface area contributed by atoms with Crippen molar-refractivity contribution >= 4 is 11.8 Å². The van der Waals surface area contributed by atoms with Gasteiger partial charge in [0.25, 0.3) is 0 Å². The van der Waals surface area contributed by atoms with Crippen LogP contribution in [0, 0.1) is 0 Å². The average Bonchev–Trinajstić information content (AvgIpc) is 3.47. The number of carbonyl (C=O) groups excluding carboxylic acids is 2. The highest BCUT2D eigenvalue weighted by Gasteiger charge is 2.46. The van der Waals surface area contributed by atoms with Crippen LogP contribution in [0.4, 0.5) is 0 Å². The van der Waals surface area contributed by atoms with Crippen molar-refractivity contribution in [1.29, 1.82) is 0 Å². The van der Waals surface area contributed by atoms with E-state index >= 15 is 0 Å². The number of hydrogen-bond donors (Lipinski definition) is 0. The summed E-state index contributed by atoms with van der Waals surface area (Å²) in [7, 11) is 0. The number of piperazine rings is 1. The monoisotopic (exact) mass is 408 g/mol. The van der Waals surface area contributed by atoms with Crippen LogP contribution < -0.4 is 0 Å². The van der Waals surface area contributed by atoms with Crippen molar-refractivity contribution < 1.29 is 9.59 Å². The standard InChI is InChI=1S/C22H28N6O2/c29-21(17-3-1-11-27-19(17)7-9-23-27)25-13-16-6-5-15(25)14-26(16)22(30)18-4-2-12-28-20(18)8-10-24-28/h7-10,15-18H,1-6,11-14H2. The summed E-state index contributed by atoms with van der Waals surface area (Å²) in [5.74, 6) is 0.290. The Kier molecular flexibility index (Phi) is 4.21. The van der Waals surface area contributed by atoms with E-state index in [4.69, 9.17) is 0 Å². The van der Waals surface area contributed by atoms with Crippen molar-refractivity contribution in [2.45, 2.75) is 75.5 Å². The lowest BCUT2D eigenvalue weighted by molar-refractivity contribution is -0.154. The van der Waals surface area contributed by atoms with Crippen LogP contribution in [0.3, 0.4) is 0 Å². The summed E-state index contributed by atoms with van der Waals surface area (Å²) in [6, 6.07) is 4.26. The normalized spacial score (nSPS) is 30.1. The van der Waals surface area contributed by atoms with E-state index in [2.05, 4.69) is 20.0 Å². The van der Waals surface area contributed by atoms with Gasteiger partial charge in [0, 0.05) is 50.7 Å². The zero-order chi connectivity index (χ0) is 20.2. The van der Waals surface area contributed by atoms with Gasteiger partial charge in [-0.2, -0.15) is 10.2 Å². The van der Waals surface area contributed by atoms with E-state index < -0.39 is 0 Å². The van der Waals surface area contributed by atoms with E-state index in [0.717, 1.165) is 63.0 Å². The first kappa shape index (κ1) is 18.2. The minimum Gasteiger partial charge on any atom is -0.335 e. The van der Waals surface area contributed by atoms with E-state index in [0.29, 0.717) is 13.1 Å². The molecular formula is C22H28N6O2. The van der Waals surface area contributed by atoms with Crippen molar-refractivity contribution in [3.8, 4) is 0 Å². The number of aryl methyl sites for hydroxylation is 2. The van der Waals surface area contributed by atoms with Crippen LogP contribution >= 0.6 is 0 Å². The van der Waals surface area contributed by atoms with Gasteiger partial charge < -0.3 is 9.80 Å². The fourth-order valence-corrected chi connectivity index (χ4v) is 6.11. The van der Waals surface area contributed by atoms with E-state index in [9.17, 15) is 9.59 Å². The van der Waals surface area contributed by atoms with Gasteiger partial charge in [-0.05, 0) is 50.7 Å². The predicted octanol–water partition coefficient (Wildman–Crippen LogP) is 1.74. The number of piperidine rings is 2. The largest absolute Gasteiger partial charge is 0.335 e. The second kappa shape index (κ2) is 6.96. The molecule has 30 heavy (non-hydrogen) atoms. The van der Waals surface area contributed by atoms with Gasteiger partial charge in [0.1, 0.15) is 0 Å². The Morgan fingerprint density at radius 1 is 0.733 bits per heavy atom. The molecule has 5 aliphatic heterocycles. The van der Waals surface area contributed by atoms with E-state index in [1.807, 2.05) is 21.5 Å². The van der Waals surface area contributed by atoms with Crippen LogP contribution in [-0.2, 0) is 22.7 Å². The van der Waals surface area contributed by atoms with E-state index in [1.165, 1.54) is 0 Å². The molecule has 3 fully saturated rings. The maximum Gasteiger partial charge on any atom is 0.232 e. The minimum absolute atomic E-state index is 0.0857. The summed E-state index contributed by atoms with van der Waals surface area (Å²) in [5, 5.41) is 8.74. The molecule has 2 amide bonds. The van der Waals surface area contributed by atoms with Crippen molar-refractivity contribution in [3.63, 3.8) is 0 Å². The lowest BCUT2D eigenvalue weighted by Crippen LogP contribution is -2.66. The maximum atomic E-state index is 13.5. The molecule has 8 nitrogen and oxygen atoms in total. The SMILES string of the molecule is O=C(C1CCCn2nccc21)N1CC2CCC1CN2C(=O)C1CCCn2nccc21. The van der Waals surface area contributed by atoms with Gasteiger partial charge in [-0.15, -0.1) is 0 Å². The highest BCUT2D eigenvalue weighted by atomic mass is 16.2. The van der Waals surface area contributed by atoms with Crippen LogP contribution in [-0.4, -0.2) is 66.3 Å². The topological polar surface area (TPSA) is 76.3 Å². The average molecular weight is 409 g/mol. The Hall–Kier alpha value is -2.64. The van der Waals surface area contributed by atoms with Crippen molar-refractivity contribution in [2.24, 2.45) is 0 Å². The molecule has 158 valence electrons. The smallest absolute Gasteiger partial charge is 0.232 e. The molecule has 7 heterocycles. The number of fused-ring (bicyclic) bond motifs is 5. The first-order valence-electron chi connectivity index (χ1n) is 11.3. The van der Waals surface area contributed by atoms with Gasteiger partial charge in [-0.3, -0.25) is 19.0 Å². The number of carbonyl (C=O) groups is 2. The zero-order valence-electron chi connectivity index (χ0n) is 17.2. The summed E-state index contributed by atoms with van der Waals surface area (Å²) >= 11 is 0. The van der Waals surface area contributed by atoms with Crippen LogP contribution in [0.15, 0.2) is 24.5 Å². The molecule has 8 heteroatoms. The fraction of sp³-hybridized carbons (Fsp3) is 0.636. The first-order valence-corrected chi connectivity index (χ1v) is 11.3. The molecule has 4 atom stereocenters. The van der Waals surface area contributed by atoms with E-state index in [1.54, 1.807) is 12.4 Å². The predicted molar refractivity (Wildman–Crippen MR) is 109 cm³/mol. The van der Waals surface area contributed by atoms with Crippen molar-refractivity contribution in [1.82, 2.24) is 29.4 Å². The van der Waals surface area contributed by atoms with Gasteiger partial charge >= 0.3 is 0 Å². The lowest BCUT2D eigenvalue weighted by Gasteiger charge is -2.53. The Labute approximate surface area is 175 Å². The Bertz CT molecular complexity index is 902. The summed E-state index contributed by atoms with van der Waals surface area (Å²) in [6.07, 6.45) is 9.38. The fourth-order valence-electron chi connectivity index (χ4n) is 6.11. The third kappa shape index (κ3) is 2.72. The second-order valence-electron chi connectivity index (χ2n) is 9.21. The highest BCUT2D eigenvalue weighted by molar-refractivity contribution is 5.86. The maximum absolute atomic E-state index is 13.5.